The van der Waals surface area contributed by atoms with Crippen molar-refractivity contribution in [3.05, 3.63) is 58.0 Å². The Bertz CT molecular complexity index is 916. The number of amides is 2. The van der Waals surface area contributed by atoms with E-state index in [4.69, 9.17) is 16.3 Å². The first-order valence-corrected chi connectivity index (χ1v) is 11.2. The van der Waals surface area contributed by atoms with Crippen molar-refractivity contribution in [3.63, 3.8) is 0 Å². The molecule has 30 heavy (non-hydrogen) atoms. The summed E-state index contributed by atoms with van der Waals surface area (Å²) in [6, 6.07) is 14.3. The molecule has 0 spiro atoms. The van der Waals surface area contributed by atoms with Crippen LogP contribution in [0.5, 0.6) is 5.75 Å². The van der Waals surface area contributed by atoms with E-state index in [0.29, 0.717) is 17.3 Å². The van der Waals surface area contributed by atoms with Gasteiger partial charge in [0.15, 0.2) is 0 Å². The molecule has 2 aliphatic heterocycles. The highest BCUT2D eigenvalue weighted by Gasteiger charge is 2.43. The van der Waals surface area contributed by atoms with Crippen molar-refractivity contribution in [1.82, 2.24) is 9.80 Å². The van der Waals surface area contributed by atoms with Gasteiger partial charge in [0.2, 0.25) is 5.91 Å². The van der Waals surface area contributed by atoms with Crippen LogP contribution >= 0.6 is 27.5 Å². The molecule has 2 saturated heterocycles. The van der Waals surface area contributed by atoms with E-state index >= 15 is 0 Å². The summed E-state index contributed by atoms with van der Waals surface area (Å²) in [5, 5.41) is 0.691. The van der Waals surface area contributed by atoms with Crippen LogP contribution in [-0.2, 0) is 9.59 Å². The van der Waals surface area contributed by atoms with Gasteiger partial charge in [0, 0.05) is 42.2 Å². The third-order valence-corrected chi connectivity index (χ3v) is 6.48. The Balaban J connectivity index is 1.28. The van der Waals surface area contributed by atoms with E-state index < -0.39 is 0 Å². The van der Waals surface area contributed by atoms with Gasteiger partial charge in [-0.2, -0.15) is 0 Å². The van der Waals surface area contributed by atoms with Gasteiger partial charge in [0.25, 0.3) is 5.91 Å². The van der Waals surface area contributed by atoms with Gasteiger partial charge in [-0.25, -0.2) is 4.90 Å². The molecular formula is C22H23BrClN3O3. The number of imide groups is 1. The van der Waals surface area contributed by atoms with Crippen LogP contribution in [0.3, 0.4) is 0 Å². The van der Waals surface area contributed by atoms with Crippen LogP contribution < -0.4 is 9.64 Å². The summed E-state index contributed by atoms with van der Waals surface area (Å²) in [4.78, 5) is 31.3. The SMILES string of the molecule is O=C1C[C@@H](N2CCN(CCOc3ccc(Cl)cc3)CC2)C(=O)N1c1ccccc1Br. The van der Waals surface area contributed by atoms with Crippen LogP contribution in [0, 0.1) is 0 Å². The molecule has 0 aromatic heterocycles. The summed E-state index contributed by atoms with van der Waals surface area (Å²) >= 11 is 9.33. The number of halogens is 2. The molecule has 158 valence electrons. The first kappa shape index (κ1) is 21.3. The van der Waals surface area contributed by atoms with Gasteiger partial charge < -0.3 is 4.74 Å². The largest absolute Gasteiger partial charge is 0.492 e. The second-order valence-electron chi connectivity index (χ2n) is 7.42. The Hall–Kier alpha value is -1.93. The smallest absolute Gasteiger partial charge is 0.251 e. The van der Waals surface area contributed by atoms with E-state index in [1.165, 1.54) is 4.90 Å². The quantitative estimate of drug-likeness (QED) is 0.578. The van der Waals surface area contributed by atoms with Gasteiger partial charge in [-0.05, 0) is 52.3 Å². The van der Waals surface area contributed by atoms with E-state index in [-0.39, 0.29) is 24.3 Å². The molecule has 2 amide bonds. The lowest BCUT2D eigenvalue weighted by molar-refractivity contribution is -0.123. The summed E-state index contributed by atoms with van der Waals surface area (Å²) in [5.74, 6) is 0.530. The molecule has 2 aromatic carbocycles. The molecule has 2 aliphatic rings. The molecule has 4 rings (SSSR count). The normalized spacial score (nSPS) is 20.7. The fraction of sp³-hybridized carbons (Fsp3) is 0.364. The monoisotopic (exact) mass is 491 g/mol. The van der Waals surface area contributed by atoms with Gasteiger partial charge in [0.05, 0.1) is 18.2 Å². The lowest BCUT2D eigenvalue weighted by Crippen LogP contribution is -2.53. The molecule has 0 aliphatic carbocycles. The van der Waals surface area contributed by atoms with Crippen LogP contribution in [0.15, 0.2) is 53.0 Å². The van der Waals surface area contributed by atoms with Crippen LogP contribution in [-0.4, -0.2) is 67.0 Å². The highest BCUT2D eigenvalue weighted by Crippen LogP contribution is 2.31. The van der Waals surface area contributed by atoms with Gasteiger partial charge in [-0.1, -0.05) is 23.7 Å². The Morgan fingerprint density at radius 1 is 1.00 bits per heavy atom. The molecule has 0 saturated carbocycles. The molecule has 2 fully saturated rings. The maximum atomic E-state index is 13.0. The lowest BCUT2D eigenvalue weighted by atomic mass is 10.1. The van der Waals surface area contributed by atoms with Gasteiger partial charge in [0.1, 0.15) is 12.4 Å². The molecule has 0 N–H and O–H groups in total. The third kappa shape index (κ3) is 4.70. The maximum absolute atomic E-state index is 13.0. The van der Waals surface area contributed by atoms with Crippen LogP contribution in [0.25, 0.3) is 0 Å². The molecule has 6 nitrogen and oxygen atoms in total. The van der Waals surface area contributed by atoms with E-state index in [2.05, 4.69) is 25.7 Å². The fourth-order valence-electron chi connectivity index (χ4n) is 3.91. The Kier molecular flexibility index (Phi) is 6.73. The van der Waals surface area contributed by atoms with Crippen LogP contribution in [0.2, 0.25) is 5.02 Å². The average molecular weight is 493 g/mol. The molecule has 8 heteroatoms. The number of rotatable bonds is 6. The zero-order valence-corrected chi connectivity index (χ0v) is 18.8. The molecule has 2 aromatic rings. The van der Waals surface area contributed by atoms with Crippen molar-refractivity contribution in [2.24, 2.45) is 0 Å². The third-order valence-electron chi connectivity index (χ3n) is 5.55. The molecule has 0 radical (unpaired) electrons. The standard InChI is InChI=1S/C22H23BrClN3O3/c23-18-3-1-2-4-19(18)27-21(28)15-20(22(27)29)26-11-9-25(10-12-26)13-14-30-17-7-5-16(24)6-8-17/h1-8,20H,9-15H2/t20-/m1/s1. The first-order valence-electron chi connectivity index (χ1n) is 9.99. The second kappa shape index (κ2) is 9.47. The number of ether oxygens (including phenoxy) is 1. The molecule has 0 unspecified atom stereocenters. The zero-order chi connectivity index (χ0) is 21.1. The number of benzene rings is 2. The summed E-state index contributed by atoms with van der Waals surface area (Å²) in [7, 11) is 0. The minimum atomic E-state index is -0.378. The number of carbonyl (C=O) groups is 2. The zero-order valence-electron chi connectivity index (χ0n) is 16.5. The minimum absolute atomic E-state index is 0.133. The predicted molar refractivity (Wildman–Crippen MR) is 120 cm³/mol. The van der Waals surface area contributed by atoms with E-state index in [1.54, 1.807) is 6.07 Å². The number of hydrogen-bond acceptors (Lipinski definition) is 5. The topological polar surface area (TPSA) is 53.1 Å². The van der Waals surface area contributed by atoms with E-state index in [0.717, 1.165) is 42.9 Å². The van der Waals surface area contributed by atoms with Gasteiger partial charge in [-0.3, -0.25) is 19.4 Å². The van der Waals surface area contributed by atoms with Crippen LogP contribution in [0.1, 0.15) is 6.42 Å². The summed E-state index contributed by atoms with van der Waals surface area (Å²) in [6.07, 6.45) is 0.236. The lowest BCUT2D eigenvalue weighted by Gasteiger charge is -2.36. The summed E-state index contributed by atoms with van der Waals surface area (Å²) in [5.41, 5.74) is 0.619. The van der Waals surface area contributed by atoms with Crippen molar-refractivity contribution < 1.29 is 14.3 Å². The molecular weight excluding hydrogens is 470 g/mol. The number of para-hydroxylation sites is 1. The Labute approximate surface area is 189 Å². The van der Waals surface area contributed by atoms with E-state index in [9.17, 15) is 9.59 Å². The highest BCUT2D eigenvalue weighted by atomic mass is 79.9. The van der Waals surface area contributed by atoms with Gasteiger partial charge in [-0.15, -0.1) is 0 Å². The average Bonchev–Trinajstić information content (AvgIpc) is 3.04. The van der Waals surface area contributed by atoms with Gasteiger partial charge >= 0.3 is 0 Å². The number of piperazine rings is 1. The van der Waals surface area contributed by atoms with Crippen LogP contribution in [0.4, 0.5) is 5.69 Å². The van der Waals surface area contributed by atoms with Crippen molar-refractivity contribution in [3.8, 4) is 5.75 Å². The van der Waals surface area contributed by atoms with Crippen molar-refractivity contribution >= 4 is 45.0 Å². The van der Waals surface area contributed by atoms with Crippen molar-refractivity contribution in [2.45, 2.75) is 12.5 Å². The number of anilines is 1. The Morgan fingerprint density at radius 3 is 2.40 bits per heavy atom. The molecule has 1 atom stereocenters. The fourth-order valence-corrected chi connectivity index (χ4v) is 4.50. The maximum Gasteiger partial charge on any atom is 0.251 e. The predicted octanol–water partition coefficient (Wildman–Crippen LogP) is 3.43. The van der Waals surface area contributed by atoms with Crippen molar-refractivity contribution in [1.29, 1.82) is 0 Å². The van der Waals surface area contributed by atoms with E-state index in [1.807, 2.05) is 42.5 Å². The number of nitrogens with zero attached hydrogens (tertiary/aromatic N) is 3. The first-order chi connectivity index (χ1) is 14.5. The number of carbonyl (C=O) groups excluding carboxylic acids is 2. The summed E-state index contributed by atoms with van der Waals surface area (Å²) in [6.45, 7) is 4.62. The minimum Gasteiger partial charge on any atom is -0.492 e. The second-order valence-corrected chi connectivity index (χ2v) is 8.71. The van der Waals surface area contributed by atoms with Crippen molar-refractivity contribution in [2.75, 3.05) is 44.2 Å². The number of hydrogen-bond donors (Lipinski definition) is 0. The molecule has 0 bridgehead atoms. The Morgan fingerprint density at radius 2 is 1.70 bits per heavy atom. The highest BCUT2D eigenvalue weighted by molar-refractivity contribution is 9.10. The molecule has 2 heterocycles. The summed E-state index contributed by atoms with van der Waals surface area (Å²) < 4.78 is 6.52.